The average Bonchev–Trinajstić information content (AvgIpc) is 3.36. The number of benzene rings is 2. The molecule has 3 aromatic rings. The number of para-hydroxylation sites is 1. The highest BCUT2D eigenvalue weighted by atomic mass is 16.5. The number of hydrogen-bond donors (Lipinski definition) is 3. The minimum Gasteiger partial charge on any atom is -0.492 e. The summed E-state index contributed by atoms with van der Waals surface area (Å²) in [4.78, 5) is 24.6. The Morgan fingerprint density at radius 1 is 1.19 bits per heavy atom. The third-order valence-corrected chi connectivity index (χ3v) is 5.32. The summed E-state index contributed by atoms with van der Waals surface area (Å²) in [6.07, 6.45) is 0.821. The molecule has 0 bridgehead atoms. The molecule has 0 aliphatic carbocycles. The van der Waals surface area contributed by atoms with Crippen LogP contribution in [-0.4, -0.2) is 28.2 Å². The van der Waals surface area contributed by atoms with E-state index in [0.29, 0.717) is 41.5 Å². The fourth-order valence-corrected chi connectivity index (χ4v) is 3.72. The molecular weight excluding hydrogens is 394 g/mol. The summed E-state index contributed by atoms with van der Waals surface area (Å²) >= 11 is 0. The van der Waals surface area contributed by atoms with Gasteiger partial charge in [0.2, 0.25) is 0 Å². The molecule has 2 aromatic carbocycles. The van der Waals surface area contributed by atoms with E-state index < -0.39 is 5.91 Å². The minimum atomic E-state index is -0.633. The van der Waals surface area contributed by atoms with Crippen LogP contribution in [0.15, 0.2) is 42.5 Å². The molecular formula is C23H25N5O3. The molecule has 4 rings (SSSR count). The Hall–Kier alpha value is -3.81. The van der Waals surface area contributed by atoms with Crippen LogP contribution in [0, 0.1) is 0 Å². The number of nitrogens with one attached hydrogen (secondary N) is 1. The first-order valence-electron chi connectivity index (χ1n) is 10.2. The molecule has 8 nitrogen and oxygen atoms in total. The second-order valence-electron chi connectivity index (χ2n) is 7.82. The van der Waals surface area contributed by atoms with Gasteiger partial charge in [-0.25, -0.2) is 4.68 Å². The molecule has 5 N–H and O–H groups in total. The molecule has 1 aromatic heterocycles. The molecule has 2 amide bonds. The van der Waals surface area contributed by atoms with Gasteiger partial charge in [0, 0.05) is 13.0 Å². The van der Waals surface area contributed by atoms with E-state index in [2.05, 4.69) is 10.4 Å². The van der Waals surface area contributed by atoms with Gasteiger partial charge < -0.3 is 21.5 Å². The van der Waals surface area contributed by atoms with Crippen molar-refractivity contribution >= 4 is 17.5 Å². The molecule has 0 radical (unpaired) electrons. The summed E-state index contributed by atoms with van der Waals surface area (Å²) < 4.78 is 7.08. The van der Waals surface area contributed by atoms with Crippen LogP contribution in [0.3, 0.4) is 0 Å². The Balaban J connectivity index is 1.51. The topological polar surface area (TPSA) is 125 Å². The van der Waals surface area contributed by atoms with Crippen LogP contribution in [0.25, 0.3) is 5.69 Å². The third-order valence-electron chi connectivity index (χ3n) is 5.32. The Bertz CT molecular complexity index is 1150. The van der Waals surface area contributed by atoms with Crippen molar-refractivity contribution in [3.05, 3.63) is 70.5 Å². The highest BCUT2D eigenvalue weighted by Crippen LogP contribution is 2.29. The van der Waals surface area contributed by atoms with Gasteiger partial charge in [0.25, 0.3) is 11.8 Å². The Morgan fingerprint density at radius 2 is 1.94 bits per heavy atom. The normalized spacial score (nSPS) is 12.5. The first-order valence-corrected chi connectivity index (χ1v) is 10.2. The number of carbonyl (C=O) groups is 2. The summed E-state index contributed by atoms with van der Waals surface area (Å²) in [5.41, 5.74) is 15.9. The predicted octanol–water partition coefficient (Wildman–Crippen LogP) is 2.54. The molecule has 31 heavy (non-hydrogen) atoms. The summed E-state index contributed by atoms with van der Waals surface area (Å²) in [5, 5.41) is 7.41. The van der Waals surface area contributed by atoms with Crippen molar-refractivity contribution in [3.8, 4) is 11.4 Å². The fourth-order valence-electron chi connectivity index (χ4n) is 3.72. The van der Waals surface area contributed by atoms with E-state index in [4.69, 9.17) is 16.2 Å². The largest absolute Gasteiger partial charge is 0.492 e. The van der Waals surface area contributed by atoms with Crippen molar-refractivity contribution in [2.24, 2.45) is 5.73 Å². The molecule has 2 heterocycles. The van der Waals surface area contributed by atoms with E-state index in [1.54, 1.807) is 6.07 Å². The van der Waals surface area contributed by atoms with Crippen LogP contribution in [-0.2, 0) is 13.0 Å². The fraction of sp³-hybridized carbons (Fsp3) is 0.261. The molecule has 0 atom stereocenters. The second kappa shape index (κ2) is 8.14. The summed E-state index contributed by atoms with van der Waals surface area (Å²) in [7, 11) is 0. The Labute approximate surface area is 180 Å². The lowest BCUT2D eigenvalue weighted by atomic mass is 10.1. The Kier molecular flexibility index (Phi) is 5.37. The SMILES string of the molecule is CC(C)c1nn(-c2ccc(CNC(=O)c3cccc4c3OCC4)cc2)c(C(N)=O)c1N. The number of nitrogens with two attached hydrogens (primary N) is 2. The summed E-state index contributed by atoms with van der Waals surface area (Å²) in [6, 6.07) is 13.0. The number of amides is 2. The molecule has 1 aliphatic heterocycles. The summed E-state index contributed by atoms with van der Waals surface area (Å²) in [5.74, 6) is -0.0880. The van der Waals surface area contributed by atoms with Gasteiger partial charge in [-0.1, -0.05) is 38.1 Å². The van der Waals surface area contributed by atoms with E-state index in [1.165, 1.54) is 4.68 Å². The average molecular weight is 419 g/mol. The van der Waals surface area contributed by atoms with Gasteiger partial charge in [-0.2, -0.15) is 5.10 Å². The molecule has 0 unspecified atom stereocenters. The maximum Gasteiger partial charge on any atom is 0.269 e. The van der Waals surface area contributed by atoms with Crippen molar-refractivity contribution in [2.45, 2.75) is 32.7 Å². The van der Waals surface area contributed by atoms with E-state index in [0.717, 1.165) is 17.5 Å². The molecule has 0 fully saturated rings. The summed E-state index contributed by atoms with van der Waals surface area (Å²) in [6.45, 7) is 4.86. The molecule has 0 saturated carbocycles. The first-order chi connectivity index (χ1) is 14.9. The zero-order valence-corrected chi connectivity index (χ0v) is 17.5. The highest BCUT2D eigenvalue weighted by Gasteiger charge is 2.23. The molecule has 160 valence electrons. The highest BCUT2D eigenvalue weighted by molar-refractivity contribution is 5.98. The lowest BCUT2D eigenvalue weighted by molar-refractivity contribution is 0.0946. The Morgan fingerprint density at radius 3 is 2.61 bits per heavy atom. The number of fused-ring (bicyclic) bond motifs is 1. The quantitative estimate of drug-likeness (QED) is 0.566. The van der Waals surface area contributed by atoms with Crippen LogP contribution in [0.5, 0.6) is 5.75 Å². The maximum atomic E-state index is 12.6. The number of ether oxygens (including phenoxy) is 1. The molecule has 0 spiro atoms. The van der Waals surface area contributed by atoms with Crippen LogP contribution in [0.1, 0.15) is 57.4 Å². The molecule has 8 heteroatoms. The zero-order chi connectivity index (χ0) is 22.1. The van der Waals surface area contributed by atoms with E-state index in [1.807, 2.05) is 50.2 Å². The van der Waals surface area contributed by atoms with E-state index in [9.17, 15) is 9.59 Å². The van der Waals surface area contributed by atoms with Crippen molar-refractivity contribution in [1.82, 2.24) is 15.1 Å². The number of primary amides is 1. The number of rotatable bonds is 6. The third kappa shape index (κ3) is 3.84. The van der Waals surface area contributed by atoms with Crippen LogP contribution < -0.4 is 21.5 Å². The van der Waals surface area contributed by atoms with E-state index in [-0.39, 0.29) is 17.5 Å². The van der Waals surface area contributed by atoms with Gasteiger partial charge in [0.1, 0.15) is 5.75 Å². The van der Waals surface area contributed by atoms with Crippen molar-refractivity contribution in [1.29, 1.82) is 0 Å². The smallest absolute Gasteiger partial charge is 0.269 e. The van der Waals surface area contributed by atoms with Crippen LogP contribution in [0.4, 0.5) is 5.69 Å². The van der Waals surface area contributed by atoms with Crippen molar-refractivity contribution in [2.75, 3.05) is 12.3 Å². The van der Waals surface area contributed by atoms with Gasteiger partial charge in [-0.15, -0.1) is 0 Å². The zero-order valence-electron chi connectivity index (χ0n) is 17.5. The predicted molar refractivity (Wildman–Crippen MR) is 117 cm³/mol. The number of hydrogen-bond acceptors (Lipinski definition) is 5. The number of anilines is 1. The van der Waals surface area contributed by atoms with Crippen molar-refractivity contribution in [3.63, 3.8) is 0 Å². The van der Waals surface area contributed by atoms with Gasteiger partial charge in [0.05, 0.1) is 29.2 Å². The lowest BCUT2D eigenvalue weighted by Gasteiger charge is -2.10. The number of nitrogen functional groups attached to an aromatic ring is 1. The monoisotopic (exact) mass is 419 g/mol. The number of nitrogens with zero attached hydrogens (tertiary/aromatic N) is 2. The minimum absolute atomic E-state index is 0.0530. The maximum absolute atomic E-state index is 12.6. The van der Waals surface area contributed by atoms with E-state index >= 15 is 0 Å². The van der Waals surface area contributed by atoms with Gasteiger partial charge in [-0.05, 0) is 35.2 Å². The van der Waals surface area contributed by atoms with Crippen LogP contribution in [0.2, 0.25) is 0 Å². The first kappa shape index (κ1) is 20.5. The van der Waals surface area contributed by atoms with Gasteiger partial charge in [0.15, 0.2) is 5.69 Å². The van der Waals surface area contributed by atoms with Gasteiger partial charge >= 0.3 is 0 Å². The van der Waals surface area contributed by atoms with Gasteiger partial charge in [-0.3, -0.25) is 9.59 Å². The lowest BCUT2D eigenvalue weighted by Crippen LogP contribution is -2.23. The van der Waals surface area contributed by atoms with Crippen LogP contribution >= 0.6 is 0 Å². The number of aromatic nitrogens is 2. The number of carbonyl (C=O) groups excluding carboxylic acids is 2. The molecule has 1 aliphatic rings. The van der Waals surface area contributed by atoms with Crippen molar-refractivity contribution < 1.29 is 14.3 Å². The molecule has 0 saturated heterocycles. The second-order valence-corrected chi connectivity index (χ2v) is 7.82. The standard InChI is InChI=1S/C23H25N5O3/c1-13(2)19-18(24)20(22(25)29)28(27-19)16-8-6-14(7-9-16)12-26-23(30)17-5-3-4-15-10-11-31-21(15)17/h3-9,13H,10-12,24H2,1-2H3,(H2,25,29)(H,26,30).